The molecule has 17 heavy (non-hydrogen) atoms. The fourth-order valence-electron chi connectivity index (χ4n) is 1.37. The summed E-state index contributed by atoms with van der Waals surface area (Å²) in [6.45, 7) is 0. The normalized spacial score (nSPS) is 12.4. The second-order valence-electron chi connectivity index (χ2n) is 3.37. The highest BCUT2D eigenvalue weighted by Crippen LogP contribution is 2.35. The summed E-state index contributed by atoms with van der Waals surface area (Å²) in [5.74, 6) is -0.0748. The van der Waals surface area contributed by atoms with Crippen LogP contribution in [0, 0.1) is 0 Å². The van der Waals surface area contributed by atoms with Crippen LogP contribution in [0.15, 0.2) is 44.7 Å². The molecule has 0 saturated carbocycles. The summed E-state index contributed by atoms with van der Waals surface area (Å²) < 4.78 is 1.78. The van der Waals surface area contributed by atoms with Crippen LogP contribution in [0.3, 0.4) is 0 Å². The van der Waals surface area contributed by atoms with Gasteiger partial charge in [0.25, 0.3) is 0 Å². The Labute approximate surface area is 125 Å². The largest absolute Gasteiger partial charge is 0.291 e. The van der Waals surface area contributed by atoms with Gasteiger partial charge in [-0.2, -0.15) is 0 Å². The van der Waals surface area contributed by atoms with Crippen LogP contribution in [-0.2, 0) is 0 Å². The van der Waals surface area contributed by atoms with Crippen molar-refractivity contribution in [3.8, 4) is 0 Å². The second-order valence-corrected chi connectivity index (χ2v) is 7.03. The average Bonchev–Trinajstić information content (AvgIpc) is 2.69. The number of halogens is 3. The fraction of sp³-hybridized carbons (Fsp3) is 0.0833. The fourth-order valence-corrected chi connectivity index (χ4v) is 3.70. The molecule has 1 aromatic heterocycles. The lowest BCUT2D eigenvalue weighted by Gasteiger charge is -2.06. The summed E-state index contributed by atoms with van der Waals surface area (Å²) in [4.78, 5) is 12.8. The Morgan fingerprint density at radius 1 is 1.24 bits per heavy atom. The standard InChI is InChI=1S/C12H7Br2ClOS/c13-8-6-9(17-12(8)14)11(16)10(15)7-4-2-1-3-5-7/h1-6,10H. The third-order valence-corrected chi connectivity index (χ3v) is 5.93. The van der Waals surface area contributed by atoms with Crippen molar-refractivity contribution in [2.24, 2.45) is 0 Å². The number of benzene rings is 1. The SMILES string of the molecule is O=C(c1cc(Br)c(Br)s1)C(Cl)c1ccccc1. The molecule has 0 aliphatic carbocycles. The van der Waals surface area contributed by atoms with Crippen molar-refractivity contribution >= 4 is 60.6 Å². The lowest BCUT2D eigenvalue weighted by Crippen LogP contribution is -2.05. The number of ketones is 1. The molecular formula is C12H7Br2ClOS. The summed E-state index contributed by atoms with van der Waals surface area (Å²) in [6, 6.07) is 11.1. The van der Waals surface area contributed by atoms with Crippen molar-refractivity contribution in [2.45, 2.75) is 5.38 Å². The maximum atomic E-state index is 12.1. The van der Waals surface area contributed by atoms with Gasteiger partial charge in [0.1, 0.15) is 5.38 Å². The Hall–Kier alpha value is -0.160. The van der Waals surface area contributed by atoms with Gasteiger partial charge >= 0.3 is 0 Å². The smallest absolute Gasteiger partial charge is 0.195 e. The number of hydrogen-bond acceptors (Lipinski definition) is 2. The summed E-state index contributed by atoms with van der Waals surface area (Å²) >= 11 is 14.3. The molecule has 1 nitrogen and oxygen atoms in total. The summed E-state index contributed by atoms with van der Waals surface area (Å²) in [5, 5.41) is -0.631. The number of carbonyl (C=O) groups is 1. The highest BCUT2D eigenvalue weighted by Gasteiger charge is 2.21. The molecular weight excluding hydrogens is 387 g/mol. The molecule has 0 aliphatic heterocycles. The van der Waals surface area contributed by atoms with Gasteiger partial charge in [0.15, 0.2) is 5.78 Å². The van der Waals surface area contributed by atoms with Gasteiger partial charge in [-0.15, -0.1) is 22.9 Å². The number of carbonyl (C=O) groups excluding carboxylic acids is 1. The van der Waals surface area contributed by atoms with E-state index in [9.17, 15) is 4.79 Å². The van der Waals surface area contributed by atoms with Gasteiger partial charge in [-0.3, -0.25) is 4.79 Å². The minimum atomic E-state index is -0.631. The van der Waals surface area contributed by atoms with Gasteiger partial charge in [-0.1, -0.05) is 30.3 Å². The maximum Gasteiger partial charge on any atom is 0.195 e. The zero-order valence-electron chi connectivity index (χ0n) is 8.49. The van der Waals surface area contributed by atoms with Crippen LogP contribution in [0.1, 0.15) is 20.6 Å². The van der Waals surface area contributed by atoms with Crippen LogP contribution in [-0.4, -0.2) is 5.78 Å². The Morgan fingerprint density at radius 3 is 2.41 bits per heavy atom. The van der Waals surface area contributed by atoms with E-state index in [0.717, 1.165) is 13.8 Å². The van der Waals surface area contributed by atoms with E-state index in [1.54, 1.807) is 6.07 Å². The van der Waals surface area contributed by atoms with Crippen molar-refractivity contribution < 1.29 is 4.79 Å². The predicted octanol–water partition coefficient (Wildman–Crippen LogP) is 5.44. The summed E-state index contributed by atoms with van der Waals surface area (Å²) in [5.41, 5.74) is 0.819. The van der Waals surface area contributed by atoms with E-state index in [1.807, 2.05) is 30.3 Å². The van der Waals surface area contributed by atoms with Crippen LogP contribution in [0.25, 0.3) is 0 Å². The van der Waals surface area contributed by atoms with Crippen molar-refractivity contribution in [3.63, 3.8) is 0 Å². The summed E-state index contributed by atoms with van der Waals surface area (Å²) in [7, 11) is 0. The minimum absolute atomic E-state index is 0.0748. The van der Waals surface area contributed by atoms with Crippen molar-refractivity contribution in [2.75, 3.05) is 0 Å². The van der Waals surface area contributed by atoms with E-state index < -0.39 is 5.38 Å². The first-order chi connectivity index (χ1) is 8.09. The Kier molecular flexibility index (Phi) is 4.42. The zero-order valence-corrected chi connectivity index (χ0v) is 13.2. The molecule has 0 amide bonds. The molecule has 1 heterocycles. The Balaban J connectivity index is 2.26. The molecule has 0 radical (unpaired) electrons. The van der Waals surface area contributed by atoms with Gasteiger partial charge in [0.2, 0.25) is 0 Å². The first-order valence-corrected chi connectivity index (χ1v) is 7.61. The lowest BCUT2D eigenvalue weighted by molar-refractivity contribution is 0.0991. The molecule has 88 valence electrons. The van der Waals surface area contributed by atoms with E-state index >= 15 is 0 Å². The molecule has 5 heteroatoms. The predicted molar refractivity (Wildman–Crippen MR) is 79.1 cm³/mol. The molecule has 2 rings (SSSR count). The number of Topliss-reactive ketones (excluding diaryl/α,β-unsaturated/α-hetero) is 1. The number of alkyl halides is 1. The highest BCUT2D eigenvalue weighted by atomic mass is 79.9. The highest BCUT2D eigenvalue weighted by molar-refractivity contribution is 9.13. The first-order valence-electron chi connectivity index (χ1n) is 4.77. The Morgan fingerprint density at radius 2 is 1.88 bits per heavy atom. The molecule has 0 spiro atoms. The molecule has 2 aromatic rings. The van der Waals surface area contributed by atoms with Crippen LogP contribution in [0.2, 0.25) is 0 Å². The van der Waals surface area contributed by atoms with Crippen LogP contribution in [0.4, 0.5) is 0 Å². The van der Waals surface area contributed by atoms with Gasteiger partial charge in [-0.05, 0) is 43.5 Å². The third-order valence-electron chi connectivity index (χ3n) is 2.21. The van der Waals surface area contributed by atoms with Gasteiger partial charge in [0, 0.05) is 4.47 Å². The van der Waals surface area contributed by atoms with Gasteiger partial charge in [0.05, 0.1) is 8.66 Å². The molecule has 1 atom stereocenters. The molecule has 1 aromatic carbocycles. The van der Waals surface area contributed by atoms with Crippen LogP contribution < -0.4 is 0 Å². The Bertz CT molecular complexity index is 519. The zero-order chi connectivity index (χ0) is 12.4. The minimum Gasteiger partial charge on any atom is -0.291 e. The summed E-state index contributed by atoms with van der Waals surface area (Å²) in [6.07, 6.45) is 0. The van der Waals surface area contributed by atoms with E-state index in [2.05, 4.69) is 31.9 Å². The molecule has 0 aliphatic rings. The third kappa shape index (κ3) is 2.99. The van der Waals surface area contributed by atoms with E-state index in [4.69, 9.17) is 11.6 Å². The maximum absolute atomic E-state index is 12.1. The van der Waals surface area contributed by atoms with E-state index in [1.165, 1.54) is 11.3 Å². The lowest BCUT2D eigenvalue weighted by atomic mass is 10.1. The number of thiophene rings is 1. The second kappa shape index (κ2) is 5.65. The first kappa shape index (κ1) is 13.3. The van der Waals surface area contributed by atoms with Crippen LogP contribution in [0.5, 0.6) is 0 Å². The number of rotatable bonds is 3. The molecule has 0 bridgehead atoms. The monoisotopic (exact) mass is 392 g/mol. The molecule has 0 N–H and O–H groups in total. The average molecular weight is 395 g/mol. The van der Waals surface area contributed by atoms with Gasteiger partial charge < -0.3 is 0 Å². The quantitative estimate of drug-likeness (QED) is 0.501. The molecule has 0 saturated heterocycles. The molecule has 0 fully saturated rings. The van der Waals surface area contributed by atoms with Crippen molar-refractivity contribution in [1.82, 2.24) is 0 Å². The van der Waals surface area contributed by atoms with Crippen LogP contribution >= 0.6 is 54.8 Å². The number of hydrogen-bond donors (Lipinski definition) is 0. The van der Waals surface area contributed by atoms with E-state index in [-0.39, 0.29) is 5.78 Å². The molecule has 1 unspecified atom stereocenters. The van der Waals surface area contributed by atoms with Crippen molar-refractivity contribution in [3.05, 3.63) is 55.1 Å². The topological polar surface area (TPSA) is 17.1 Å². The van der Waals surface area contributed by atoms with Crippen molar-refractivity contribution in [1.29, 1.82) is 0 Å². The van der Waals surface area contributed by atoms with E-state index in [0.29, 0.717) is 4.88 Å². The van der Waals surface area contributed by atoms with Gasteiger partial charge in [-0.25, -0.2) is 0 Å².